The summed E-state index contributed by atoms with van der Waals surface area (Å²) in [6.07, 6.45) is 3.45. The Labute approximate surface area is 138 Å². The van der Waals surface area contributed by atoms with Gasteiger partial charge in [-0.1, -0.05) is 23.7 Å². The number of halogens is 1. The molecular formula is C16H14ClN3OS. The monoisotopic (exact) mass is 331 g/mol. The van der Waals surface area contributed by atoms with E-state index in [1.54, 1.807) is 36.7 Å². The molecule has 22 heavy (non-hydrogen) atoms. The minimum Gasteiger partial charge on any atom is -0.336 e. The van der Waals surface area contributed by atoms with Crippen LogP contribution in [0.25, 0.3) is 0 Å². The molecule has 112 valence electrons. The Kier molecular flexibility index (Phi) is 6.26. The summed E-state index contributed by atoms with van der Waals surface area (Å²) in [5.74, 6) is 0.844. The number of hydrogen-bond donors (Lipinski definition) is 1. The van der Waals surface area contributed by atoms with Crippen LogP contribution in [0.5, 0.6) is 0 Å². The Morgan fingerprint density at radius 3 is 2.82 bits per heavy atom. The van der Waals surface area contributed by atoms with Gasteiger partial charge in [-0.05, 0) is 35.4 Å². The Bertz CT molecular complexity index is 673. The second kappa shape index (κ2) is 8.42. The van der Waals surface area contributed by atoms with Gasteiger partial charge in [0.2, 0.25) is 5.91 Å². The zero-order valence-electron chi connectivity index (χ0n) is 11.7. The molecule has 0 saturated heterocycles. The van der Waals surface area contributed by atoms with E-state index in [1.165, 1.54) is 11.8 Å². The summed E-state index contributed by atoms with van der Waals surface area (Å²) < 4.78 is 0. The van der Waals surface area contributed by atoms with Crippen LogP contribution in [0.3, 0.4) is 0 Å². The van der Waals surface area contributed by atoms with Gasteiger partial charge >= 0.3 is 0 Å². The highest BCUT2D eigenvalue weighted by Gasteiger charge is 2.14. The molecule has 1 heterocycles. The molecule has 1 amide bonds. The highest BCUT2D eigenvalue weighted by atomic mass is 35.5. The van der Waals surface area contributed by atoms with Crippen molar-refractivity contribution in [3.05, 3.63) is 64.9 Å². The molecule has 0 aliphatic heterocycles. The van der Waals surface area contributed by atoms with Gasteiger partial charge in [-0.25, -0.2) is 0 Å². The van der Waals surface area contributed by atoms with Crippen molar-refractivity contribution in [1.29, 1.82) is 5.26 Å². The van der Waals surface area contributed by atoms with E-state index in [1.807, 2.05) is 12.1 Å². The summed E-state index contributed by atoms with van der Waals surface area (Å²) in [5.41, 5.74) is 1.79. The normalized spacial score (nSPS) is 11.5. The molecule has 1 N–H and O–H groups in total. The maximum Gasteiger partial charge on any atom is 0.231 e. The molecule has 6 heteroatoms. The van der Waals surface area contributed by atoms with Crippen LogP contribution < -0.4 is 5.32 Å². The van der Waals surface area contributed by atoms with Gasteiger partial charge in [0, 0.05) is 23.2 Å². The van der Waals surface area contributed by atoms with Crippen LogP contribution in [-0.2, 0) is 10.5 Å². The SMILES string of the molecule is N#C[C@@H](NC(=O)CSCc1ccncc1)c1cccc(Cl)c1. The van der Waals surface area contributed by atoms with Gasteiger partial charge in [-0.15, -0.1) is 11.8 Å². The van der Waals surface area contributed by atoms with Crippen molar-refractivity contribution in [2.45, 2.75) is 11.8 Å². The van der Waals surface area contributed by atoms with E-state index in [4.69, 9.17) is 11.6 Å². The predicted octanol–water partition coefficient (Wildman–Crippen LogP) is 3.35. The van der Waals surface area contributed by atoms with E-state index in [0.717, 1.165) is 11.3 Å². The highest BCUT2D eigenvalue weighted by molar-refractivity contribution is 7.99. The highest BCUT2D eigenvalue weighted by Crippen LogP contribution is 2.18. The average Bonchev–Trinajstić information content (AvgIpc) is 2.53. The van der Waals surface area contributed by atoms with E-state index in [0.29, 0.717) is 16.3 Å². The standard InChI is InChI=1S/C16H14ClN3OS/c17-14-3-1-2-13(8-14)15(9-18)20-16(21)11-22-10-12-4-6-19-7-5-12/h1-8,15H,10-11H2,(H,20,21)/t15-/m1/s1. The summed E-state index contributed by atoms with van der Waals surface area (Å²) in [5, 5.41) is 12.4. The van der Waals surface area contributed by atoms with Gasteiger partial charge in [0.1, 0.15) is 6.04 Å². The van der Waals surface area contributed by atoms with E-state index < -0.39 is 6.04 Å². The van der Waals surface area contributed by atoms with Gasteiger partial charge in [0.25, 0.3) is 0 Å². The van der Waals surface area contributed by atoms with Crippen molar-refractivity contribution in [2.75, 3.05) is 5.75 Å². The average molecular weight is 332 g/mol. The molecule has 1 atom stereocenters. The van der Waals surface area contributed by atoms with Crippen LogP contribution in [0.1, 0.15) is 17.2 Å². The summed E-state index contributed by atoms with van der Waals surface area (Å²) in [4.78, 5) is 15.9. The van der Waals surface area contributed by atoms with Gasteiger partial charge in [-0.2, -0.15) is 5.26 Å². The molecule has 0 radical (unpaired) electrons. The quantitative estimate of drug-likeness (QED) is 0.881. The first kappa shape index (κ1) is 16.3. The summed E-state index contributed by atoms with van der Waals surface area (Å²) in [7, 11) is 0. The van der Waals surface area contributed by atoms with Crippen molar-refractivity contribution in [3.63, 3.8) is 0 Å². The lowest BCUT2D eigenvalue weighted by molar-refractivity contribution is -0.118. The van der Waals surface area contributed by atoms with E-state index in [2.05, 4.69) is 16.4 Å². The first-order valence-corrected chi connectivity index (χ1v) is 8.13. The van der Waals surface area contributed by atoms with Crippen LogP contribution in [0.15, 0.2) is 48.8 Å². The number of hydrogen-bond acceptors (Lipinski definition) is 4. The lowest BCUT2D eigenvalue weighted by Crippen LogP contribution is -2.29. The number of benzene rings is 1. The fraction of sp³-hybridized carbons (Fsp3) is 0.188. The lowest BCUT2D eigenvalue weighted by atomic mass is 10.1. The molecule has 4 nitrogen and oxygen atoms in total. The van der Waals surface area contributed by atoms with Crippen LogP contribution >= 0.6 is 23.4 Å². The van der Waals surface area contributed by atoms with Crippen molar-refractivity contribution >= 4 is 29.3 Å². The van der Waals surface area contributed by atoms with E-state index in [-0.39, 0.29) is 5.91 Å². The largest absolute Gasteiger partial charge is 0.336 e. The molecule has 1 aromatic carbocycles. The summed E-state index contributed by atoms with van der Waals surface area (Å²) in [6.45, 7) is 0. The molecule has 0 aliphatic rings. The number of nitrogens with one attached hydrogen (secondary N) is 1. The second-order valence-corrected chi connectivity index (χ2v) is 5.95. The molecule has 1 aromatic heterocycles. The zero-order chi connectivity index (χ0) is 15.8. The molecule has 0 spiro atoms. The third-order valence-corrected chi connectivity index (χ3v) is 4.11. The third-order valence-electron chi connectivity index (χ3n) is 2.87. The summed E-state index contributed by atoms with van der Waals surface area (Å²) in [6, 6.07) is 12.1. The number of aromatic nitrogens is 1. The first-order valence-electron chi connectivity index (χ1n) is 6.60. The molecule has 0 bridgehead atoms. The Hall–Kier alpha value is -2.03. The first-order chi connectivity index (χ1) is 10.7. The topological polar surface area (TPSA) is 65.8 Å². The smallest absolute Gasteiger partial charge is 0.231 e. The Balaban J connectivity index is 1.84. The van der Waals surface area contributed by atoms with Crippen LogP contribution in [0.4, 0.5) is 0 Å². The minimum atomic E-state index is -0.687. The van der Waals surface area contributed by atoms with Gasteiger partial charge in [0.15, 0.2) is 0 Å². The number of nitriles is 1. The van der Waals surface area contributed by atoms with Crippen LogP contribution in [-0.4, -0.2) is 16.6 Å². The van der Waals surface area contributed by atoms with Crippen LogP contribution in [0.2, 0.25) is 5.02 Å². The predicted molar refractivity (Wildman–Crippen MR) is 88.3 cm³/mol. The number of carbonyl (C=O) groups excluding carboxylic acids is 1. The maximum atomic E-state index is 11.9. The second-order valence-electron chi connectivity index (χ2n) is 4.53. The number of thioether (sulfide) groups is 1. The van der Waals surface area contributed by atoms with Gasteiger partial charge in [0.05, 0.1) is 11.8 Å². The summed E-state index contributed by atoms with van der Waals surface area (Å²) >= 11 is 7.39. The molecule has 0 saturated carbocycles. The van der Waals surface area contributed by atoms with E-state index in [9.17, 15) is 10.1 Å². The Morgan fingerprint density at radius 2 is 2.14 bits per heavy atom. The van der Waals surface area contributed by atoms with Crippen molar-refractivity contribution in [1.82, 2.24) is 10.3 Å². The fourth-order valence-electron chi connectivity index (χ4n) is 1.82. The Morgan fingerprint density at radius 1 is 1.36 bits per heavy atom. The number of pyridine rings is 1. The molecule has 0 aliphatic carbocycles. The van der Waals surface area contributed by atoms with Gasteiger partial charge in [-0.3, -0.25) is 9.78 Å². The van der Waals surface area contributed by atoms with Crippen molar-refractivity contribution in [3.8, 4) is 6.07 Å². The molecule has 2 rings (SSSR count). The number of amides is 1. The van der Waals surface area contributed by atoms with Crippen LogP contribution in [0, 0.1) is 11.3 Å². The molecule has 0 fully saturated rings. The lowest BCUT2D eigenvalue weighted by Gasteiger charge is -2.12. The maximum absolute atomic E-state index is 11.9. The zero-order valence-corrected chi connectivity index (χ0v) is 13.3. The van der Waals surface area contributed by atoms with Crippen molar-refractivity contribution in [2.24, 2.45) is 0 Å². The molecular weight excluding hydrogens is 318 g/mol. The number of carbonyl (C=O) groups is 1. The fourth-order valence-corrected chi connectivity index (χ4v) is 2.82. The minimum absolute atomic E-state index is 0.175. The molecule has 2 aromatic rings. The number of rotatable bonds is 6. The van der Waals surface area contributed by atoms with E-state index >= 15 is 0 Å². The van der Waals surface area contributed by atoms with Gasteiger partial charge < -0.3 is 5.32 Å². The number of nitrogens with zero attached hydrogens (tertiary/aromatic N) is 2. The van der Waals surface area contributed by atoms with Crippen molar-refractivity contribution < 1.29 is 4.79 Å². The molecule has 0 unspecified atom stereocenters. The third kappa shape index (κ3) is 5.06.